The molecule has 3 aromatic rings. The van der Waals surface area contributed by atoms with Crippen LogP contribution in [0.25, 0.3) is 10.1 Å². The smallest absolute Gasteiger partial charge is 0.267 e. The number of amidine groups is 1. The van der Waals surface area contributed by atoms with Gasteiger partial charge < -0.3 is 15.8 Å². The van der Waals surface area contributed by atoms with Gasteiger partial charge in [-0.2, -0.15) is 0 Å². The summed E-state index contributed by atoms with van der Waals surface area (Å²) >= 11 is 7.78. The van der Waals surface area contributed by atoms with Crippen LogP contribution in [-0.4, -0.2) is 24.9 Å². The van der Waals surface area contributed by atoms with Gasteiger partial charge in [-0.15, -0.1) is 11.3 Å². The van der Waals surface area contributed by atoms with E-state index in [2.05, 4.69) is 10.3 Å². The van der Waals surface area contributed by atoms with Crippen molar-refractivity contribution in [2.75, 3.05) is 12.4 Å². The average molecular weight is 402 g/mol. The third kappa shape index (κ3) is 4.23. The first-order chi connectivity index (χ1) is 12.9. The molecule has 0 radical (unpaired) electrons. The number of nitrogens with zero attached hydrogens (tertiary/aromatic N) is 1. The van der Waals surface area contributed by atoms with Crippen LogP contribution in [0.15, 0.2) is 47.5 Å². The Hall–Kier alpha value is -2.57. The zero-order valence-electron chi connectivity index (χ0n) is 15.2. The summed E-state index contributed by atoms with van der Waals surface area (Å²) in [5, 5.41) is 4.12. The maximum Gasteiger partial charge on any atom is 0.267 e. The van der Waals surface area contributed by atoms with Crippen LogP contribution >= 0.6 is 22.9 Å². The molecule has 0 spiro atoms. The van der Waals surface area contributed by atoms with E-state index in [4.69, 9.17) is 22.1 Å². The lowest BCUT2D eigenvalue weighted by atomic mass is 10.1. The molecule has 27 heavy (non-hydrogen) atoms. The number of fused-ring (bicyclic) bond motifs is 1. The molecule has 1 amide bonds. The highest BCUT2D eigenvalue weighted by Gasteiger charge is 2.18. The second kappa shape index (κ2) is 7.98. The Kier molecular flexibility index (Phi) is 5.68. The molecular formula is C20H20ClN3O2S. The number of rotatable bonds is 5. The molecule has 0 atom stereocenters. The van der Waals surface area contributed by atoms with Crippen molar-refractivity contribution >= 4 is 50.5 Å². The second-order valence-corrected chi connectivity index (χ2v) is 7.68. The third-order valence-electron chi connectivity index (χ3n) is 3.88. The van der Waals surface area contributed by atoms with E-state index in [9.17, 15) is 4.79 Å². The molecule has 0 aliphatic carbocycles. The highest BCUT2D eigenvalue weighted by atomic mass is 35.5. The number of ether oxygens (including phenoxy) is 1. The fourth-order valence-corrected chi connectivity index (χ4v) is 4.04. The summed E-state index contributed by atoms with van der Waals surface area (Å²) in [4.78, 5) is 17.5. The Morgan fingerprint density at radius 1 is 1.22 bits per heavy atom. The maximum atomic E-state index is 12.7. The lowest BCUT2D eigenvalue weighted by Gasteiger charge is -2.05. The summed E-state index contributed by atoms with van der Waals surface area (Å²) < 4.78 is 6.01. The zero-order chi connectivity index (χ0) is 19.6. The number of hydrogen-bond acceptors (Lipinski definition) is 4. The topological polar surface area (TPSA) is 76.7 Å². The van der Waals surface area contributed by atoms with Crippen LogP contribution in [0.2, 0.25) is 5.02 Å². The minimum Gasteiger partial charge on any atom is -0.497 e. The summed E-state index contributed by atoms with van der Waals surface area (Å²) in [5.74, 6) is 0.943. The van der Waals surface area contributed by atoms with Gasteiger partial charge in [-0.25, -0.2) is 0 Å². The van der Waals surface area contributed by atoms with Crippen molar-refractivity contribution in [3.05, 3.63) is 57.9 Å². The maximum absolute atomic E-state index is 12.7. The van der Waals surface area contributed by atoms with Crippen LogP contribution in [0.4, 0.5) is 5.69 Å². The Morgan fingerprint density at radius 3 is 2.56 bits per heavy atom. The first-order valence-corrected chi connectivity index (χ1v) is 9.59. The first kappa shape index (κ1) is 19.2. The molecule has 140 valence electrons. The fourth-order valence-electron chi connectivity index (χ4n) is 2.59. The van der Waals surface area contributed by atoms with E-state index in [-0.39, 0.29) is 11.9 Å². The molecule has 1 aromatic heterocycles. The lowest BCUT2D eigenvalue weighted by Crippen LogP contribution is -2.15. The number of amides is 1. The lowest BCUT2D eigenvalue weighted by molar-refractivity contribution is 0.103. The molecule has 0 unspecified atom stereocenters. The van der Waals surface area contributed by atoms with E-state index >= 15 is 0 Å². The van der Waals surface area contributed by atoms with Crippen LogP contribution in [0.5, 0.6) is 5.75 Å². The van der Waals surface area contributed by atoms with Crippen molar-refractivity contribution in [2.24, 2.45) is 10.7 Å². The number of nitrogens with two attached hydrogens (primary N) is 1. The zero-order valence-corrected chi connectivity index (χ0v) is 16.8. The molecule has 5 nitrogen and oxygen atoms in total. The van der Waals surface area contributed by atoms with Gasteiger partial charge in [0.2, 0.25) is 0 Å². The molecule has 0 aliphatic heterocycles. The number of anilines is 1. The molecule has 0 fully saturated rings. The van der Waals surface area contributed by atoms with Gasteiger partial charge in [0.1, 0.15) is 16.5 Å². The van der Waals surface area contributed by atoms with Crippen LogP contribution in [-0.2, 0) is 0 Å². The highest BCUT2D eigenvalue weighted by molar-refractivity contribution is 7.21. The van der Waals surface area contributed by atoms with E-state index in [1.807, 2.05) is 32.0 Å². The molecule has 0 saturated heterocycles. The van der Waals surface area contributed by atoms with Crippen molar-refractivity contribution in [1.29, 1.82) is 0 Å². The molecule has 1 heterocycles. The van der Waals surface area contributed by atoms with Gasteiger partial charge in [-0.3, -0.25) is 9.79 Å². The van der Waals surface area contributed by atoms with Crippen molar-refractivity contribution in [2.45, 2.75) is 19.9 Å². The van der Waals surface area contributed by atoms with Gasteiger partial charge in [-0.05, 0) is 44.2 Å². The number of methoxy groups -OCH3 is 1. The normalized spacial score (nSPS) is 11.8. The van der Waals surface area contributed by atoms with Crippen LogP contribution < -0.4 is 15.8 Å². The van der Waals surface area contributed by atoms with E-state index in [1.54, 1.807) is 31.4 Å². The van der Waals surface area contributed by atoms with Crippen LogP contribution in [0.1, 0.15) is 29.1 Å². The number of carbonyl (C=O) groups excluding carboxylic acids is 1. The molecule has 2 aromatic carbocycles. The van der Waals surface area contributed by atoms with Crippen LogP contribution in [0.3, 0.4) is 0 Å². The number of halogens is 1. The number of carbonyl (C=O) groups is 1. The standard InChI is InChI=1S/C20H20ClN3O2S/c1-11(2)23-19(22)12-4-9-15-16(10-12)27-18(17(15)21)20(25)24-13-5-7-14(26-3)8-6-13/h4-11H,1-3H3,(H2,22,23)(H,24,25). The first-order valence-electron chi connectivity index (χ1n) is 8.40. The second-order valence-electron chi connectivity index (χ2n) is 6.25. The molecule has 0 aliphatic rings. The number of aliphatic imine (C=N–C) groups is 1. The predicted molar refractivity (Wildman–Crippen MR) is 114 cm³/mol. The number of thiophene rings is 1. The Morgan fingerprint density at radius 2 is 1.93 bits per heavy atom. The largest absolute Gasteiger partial charge is 0.497 e. The van der Waals surface area contributed by atoms with E-state index in [0.717, 1.165) is 21.4 Å². The van der Waals surface area contributed by atoms with Gasteiger partial charge in [0, 0.05) is 27.4 Å². The van der Waals surface area contributed by atoms with Gasteiger partial charge in [0.05, 0.1) is 12.1 Å². The highest BCUT2D eigenvalue weighted by Crippen LogP contribution is 2.36. The van der Waals surface area contributed by atoms with Crippen molar-refractivity contribution in [3.8, 4) is 5.75 Å². The Labute approximate surface area is 166 Å². The van der Waals surface area contributed by atoms with E-state index in [0.29, 0.717) is 21.4 Å². The number of benzene rings is 2. The Balaban J connectivity index is 1.89. The van der Waals surface area contributed by atoms with Gasteiger partial charge in [-0.1, -0.05) is 23.7 Å². The molecule has 3 N–H and O–H groups in total. The third-order valence-corrected chi connectivity index (χ3v) is 5.53. The monoisotopic (exact) mass is 401 g/mol. The quantitative estimate of drug-likeness (QED) is 0.470. The van der Waals surface area contributed by atoms with Gasteiger partial charge in [0.25, 0.3) is 5.91 Å². The van der Waals surface area contributed by atoms with Crippen molar-refractivity contribution in [3.63, 3.8) is 0 Å². The molecular weight excluding hydrogens is 382 g/mol. The summed E-state index contributed by atoms with van der Waals surface area (Å²) in [6, 6.07) is 12.9. The van der Waals surface area contributed by atoms with Gasteiger partial charge in [0.15, 0.2) is 0 Å². The van der Waals surface area contributed by atoms with Crippen molar-refractivity contribution < 1.29 is 9.53 Å². The average Bonchev–Trinajstić information content (AvgIpc) is 2.98. The molecule has 3 rings (SSSR count). The summed E-state index contributed by atoms with van der Waals surface area (Å²) in [7, 11) is 1.59. The molecule has 7 heteroatoms. The van der Waals surface area contributed by atoms with E-state index in [1.165, 1.54) is 11.3 Å². The molecule has 0 bridgehead atoms. The Bertz CT molecular complexity index is 1010. The minimum atomic E-state index is -0.253. The minimum absolute atomic E-state index is 0.110. The summed E-state index contributed by atoms with van der Waals surface area (Å²) in [6.07, 6.45) is 0. The SMILES string of the molecule is COc1ccc(NC(=O)c2sc3cc(C(N)=NC(C)C)ccc3c2Cl)cc1. The fraction of sp³-hybridized carbons (Fsp3) is 0.200. The predicted octanol–water partition coefficient (Wildman–Crippen LogP) is 4.93. The number of nitrogens with one attached hydrogen (secondary N) is 1. The van der Waals surface area contributed by atoms with E-state index < -0.39 is 0 Å². The van der Waals surface area contributed by atoms with Crippen LogP contribution in [0, 0.1) is 0 Å². The molecule has 0 saturated carbocycles. The summed E-state index contributed by atoms with van der Waals surface area (Å²) in [6.45, 7) is 3.93. The van der Waals surface area contributed by atoms with Crippen molar-refractivity contribution in [1.82, 2.24) is 0 Å². The summed E-state index contributed by atoms with van der Waals surface area (Å²) in [5.41, 5.74) is 7.54. The van der Waals surface area contributed by atoms with Gasteiger partial charge >= 0.3 is 0 Å². The number of hydrogen-bond donors (Lipinski definition) is 2.